The highest BCUT2D eigenvalue weighted by Gasteiger charge is 2.18. The molecule has 0 aliphatic carbocycles. The lowest BCUT2D eigenvalue weighted by molar-refractivity contribution is -0.148. The van der Waals surface area contributed by atoms with E-state index in [1.54, 1.807) is 23.1 Å². The van der Waals surface area contributed by atoms with Crippen molar-refractivity contribution in [1.29, 1.82) is 5.26 Å². The highest BCUT2D eigenvalue weighted by molar-refractivity contribution is 5.98. The summed E-state index contributed by atoms with van der Waals surface area (Å²) < 4.78 is 10.2. The van der Waals surface area contributed by atoms with Crippen molar-refractivity contribution in [3.8, 4) is 6.07 Å². The van der Waals surface area contributed by atoms with Crippen LogP contribution in [-0.4, -0.2) is 29.9 Å². The van der Waals surface area contributed by atoms with Crippen LogP contribution in [0.25, 0.3) is 6.08 Å². The molecule has 0 saturated carbocycles. The topological polar surface area (TPSA) is 83.5 Å². The van der Waals surface area contributed by atoms with Gasteiger partial charge in [-0.15, -0.1) is 0 Å². The van der Waals surface area contributed by atoms with Crippen LogP contribution in [0, 0.1) is 11.3 Å². The summed E-state index contributed by atoms with van der Waals surface area (Å²) in [4.78, 5) is 26.7. The highest BCUT2D eigenvalue weighted by atomic mass is 16.5. The summed E-state index contributed by atoms with van der Waals surface area (Å²) in [6, 6.07) is 24.5. The van der Waals surface area contributed by atoms with Gasteiger partial charge in [0.05, 0.1) is 6.26 Å². The van der Waals surface area contributed by atoms with E-state index in [2.05, 4.69) is 0 Å². The molecule has 156 valence electrons. The number of ether oxygens (including phenoxy) is 1. The molecule has 0 atom stereocenters. The minimum Gasteiger partial charge on any atom is -0.465 e. The molecule has 1 amide bonds. The van der Waals surface area contributed by atoms with Gasteiger partial charge in [-0.25, -0.2) is 4.79 Å². The van der Waals surface area contributed by atoms with E-state index in [1.165, 1.54) is 12.3 Å². The summed E-state index contributed by atoms with van der Waals surface area (Å²) >= 11 is 0. The van der Waals surface area contributed by atoms with Crippen LogP contribution in [0.15, 0.2) is 89.0 Å². The molecule has 3 rings (SSSR count). The number of benzene rings is 2. The molecule has 0 unspecified atom stereocenters. The van der Waals surface area contributed by atoms with Gasteiger partial charge in [0.15, 0.2) is 6.61 Å². The summed E-state index contributed by atoms with van der Waals surface area (Å²) in [7, 11) is 0. The molecule has 3 aromatic rings. The lowest BCUT2D eigenvalue weighted by atomic mass is 10.1. The maximum atomic E-state index is 12.8. The highest BCUT2D eigenvalue weighted by Crippen LogP contribution is 2.10. The molecule has 6 nitrogen and oxygen atoms in total. The lowest BCUT2D eigenvalue weighted by Gasteiger charge is -2.23. The van der Waals surface area contributed by atoms with Crippen LogP contribution in [0.2, 0.25) is 0 Å². The Balaban J connectivity index is 1.64. The molecule has 1 heterocycles. The fourth-order valence-electron chi connectivity index (χ4n) is 2.95. The van der Waals surface area contributed by atoms with Crippen LogP contribution in [0.5, 0.6) is 0 Å². The van der Waals surface area contributed by atoms with Gasteiger partial charge in [-0.05, 0) is 29.7 Å². The Labute approximate surface area is 181 Å². The van der Waals surface area contributed by atoms with Crippen LogP contribution in [0.1, 0.15) is 16.9 Å². The average molecular weight is 414 g/mol. The Morgan fingerprint density at radius 2 is 1.65 bits per heavy atom. The molecular weight excluding hydrogens is 392 g/mol. The van der Waals surface area contributed by atoms with Gasteiger partial charge in [0.1, 0.15) is 17.4 Å². The third-order valence-corrected chi connectivity index (χ3v) is 4.58. The second-order valence-corrected chi connectivity index (χ2v) is 6.80. The number of rotatable bonds is 9. The zero-order valence-corrected chi connectivity index (χ0v) is 16.9. The second-order valence-electron chi connectivity index (χ2n) is 6.80. The molecule has 1 aromatic heterocycles. The monoisotopic (exact) mass is 414 g/mol. The number of carbonyl (C=O) groups is 2. The molecule has 2 aromatic carbocycles. The first-order valence-corrected chi connectivity index (χ1v) is 9.84. The maximum absolute atomic E-state index is 12.8. The fraction of sp³-hybridized carbons (Fsp3) is 0.160. The van der Waals surface area contributed by atoms with Gasteiger partial charge < -0.3 is 14.1 Å². The largest absolute Gasteiger partial charge is 0.465 e. The number of carbonyl (C=O) groups excluding carboxylic acids is 2. The van der Waals surface area contributed by atoms with Gasteiger partial charge in [-0.1, -0.05) is 60.7 Å². The summed E-state index contributed by atoms with van der Waals surface area (Å²) in [5.74, 6) is -0.841. The first-order valence-electron chi connectivity index (χ1n) is 9.84. The smallest absolute Gasteiger partial charge is 0.349 e. The van der Waals surface area contributed by atoms with Crippen molar-refractivity contribution < 1.29 is 18.7 Å². The molecule has 0 aliphatic rings. The first kappa shape index (κ1) is 21.6. The van der Waals surface area contributed by atoms with Gasteiger partial charge in [-0.2, -0.15) is 5.26 Å². The Morgan fingerprint density at radius 3 is 2.26 bits per heavy atom. The SMILES string of the molecule is N#C/C(=C\c1ccco1)C(=O)OCC(=O)N(CCc1ccccc1)Cc1ccccc1. The molecule has 0 bridgehead atoms. The van der Waals surface area contributed by atoms with E-state index in [4.69, 9.17) is 9.15 Å². The van der Waals surface area contributed by atoms with Gasteiger partial charge in [0.25, 0.3) is 5.91 Å². The van der Waals surface area contributed by atoms with E-state index in [0.29, 0.717) is 25.3 Å². The van der Waals surface area contributed by atoms with Crippen molar-refractivity contribution in [1.82, 2.24) is 4.90 Å². The number of hydrogen-bond donors (Lipinski definition) is 0. The Morgan fingerprint density at radius 1 is 0.968 bits per heavy atom. The van der Waals surface area contributed by atoms with E-state index in [0.717, 1.165) is 11.1 Å². The second kappa shape index (κ2) is 11.2. The van der Waals surface area contributed by atoms with Gasteiger partial charge in [0, 0.05) is 19.2 Å². The number of amides is 1. The maximum Gasteiger partial charge on any atom is 0.349 e. The zero-order chi connectivity index (χ0) is 21.9. The molecule has 31 heavy (non-hydrogen) atoms. The molecule has 0 N–H and O–H groups in total. The number of furan rings is 1. The van der Waals surface area contributed by atoms with Crippen molar-refractivity contribution in [3.05, 3.63) is 102 Å². The average Bonchev–Trinajstić information content (AvgIpc) is 3.33. The van der Waals surface area contributed by atoms with Crippen LogP contribution < -0.4 is 0 Å². The Kier molecular flexibility index (Phi) is 7.78. The summed E-state index contributed by atoms with van der Waals surface area (Å²) in [5, 5.41) is 9.22. The minimum atomic E-state index is -0.866. The van der Waals surface area contributed by atoms with Gasteiger partial charge in [-0.3, -0.25) is 4.79 Å². The predicted octanol–water partition coefficient (Wildman–Crippen LogP) is 4.00. The van der Waals surface area contributed by atoms with E-state index < -0.39 is 12.6 Å². The standard InChI is InChI=1S/C25H22N2O4/c26-17-22(16-23-12-7-15-30-23)25(29)31-19-24(28)27(18-21-10-5-2-6-11-21)14-13-20-8-3-1-4-9-20/h1-12,15-16H,13-14,18-19H2/b22-16+. The van der Waals surface area contributed by atoms with Crippen molar-refractivity contribution in [2.75, 3.05) is 13.2 Å². The summed E-state index contributed by atoms with van der Waals surface area (Å²) in [6.45, 7) is 0.428. The van der Waals surface area contributed by atoms with Crippen molar-refractivity contribution in [2.24, 2.45) is 0 Å². The fourth-order valence-corrected chi connectivity index (χ4v) is 2.95. The molecule has 6 heteroatoms. The normalized spacial score (nSPS) is 10.9. The van der Waals surface area contributed by atoms with Crippen molar-refractivity contribution in [3.63, 3.8) is 0 Å². The Hall–Kier alpha value is -4.11. The van der Waals surface area contributed by atoms with Crippen molar-refractivity contribution in [2.45, 2.75) is 13.0 Å². The van der Waals surface area contributed by atoms with E-state index >= 15 is 0 Å². The molecule has 0 aliphatic heterocycles. The third kappa shape index (κ3) is 6.72. The zero-order valence-electron chi connectivity index (χ0n) is 16.9. The molecule has 0 fully saturated rings. The van der Waals surface area contributed by atoms with Gasteiger partial charge in [0.2, 0.25) is 0 Å². The Bertz CT molecular complexity index is 1050. The first-order chi connectivity index (χ1) is 15.2. The molecular formula is C25H22N2O4. The third-order valence-electron chi connectivity index (χ3n) is 4.58. The number of hydrogen-bond acceptors (Lipinski definition) is 5. The minimum absolute atomic E-state index is 0.235. The van der Waals surface area contributed by atoms with Crippen molar-refractivity contribution >= 4 is 18.0 Å². The van der Waals surface area contributed by atoms with Crippen LogP contribution >= 0.6 is 0 Å². The van der Waals surface area contributed by atoms with Gasteiger partial charge >= 0.3 is 5.97 Å². The number of nitrogens with zero attached hydrogens (tertiary/aromatic N) is 2. The molecule has 0 radical (unpaired) electrons. The number of esters is 1. The van der Waals surface area contributed by atoms with E-state index in [-0.39, 0.29) is 11.5 Å². The predicted molar refractivity (Wildman–Crippen MR) is 115 cm³/mol. The van der Waals surface area contributed by atoms with E-state index in [9.17, 15) is 14.9 Å². The summed E-state index contributed by atoms with van der Waals surface area (Å²) in [6.07, 6.45) is 3.39. The van der Waals surface area contributed by atoms with Crippen LogP contribution in [-0.2, 0) is 27.3 Å². The van der Waals surface area contributed by atoms with Crippen LogP contribution in [0.3, 0.4) is 0 Å². The lowest BCUT2D eigenvalue weighted by Crippen LogP contribution is -2.36. The summed E-state index contributed by atoms with van der Waals surface area (Å²) in [5.41, 5.74) is 1.85. The number of nitriles is 1. The molecule has 0 spiro atoms. The van der Waals surface area contributed by atoms with Crippen LogP contribution in [0.4, 0.5) is 0 Å². The molecule has 0 saturated heterocycles. The van der Waals surface area contributed by atoms with E-state index in [1.807, 2.05) is 60.7 Å². The quantitative estimate of drug-likeness (QED) is 0.300.